The first-order valence-electron chi connectivity index (χ1n) is 8.94. The molecule has 2 heterocycles. The minimum atomic E-state index is -0.623. The Morgan fingerprint density at radius 1 is 1.07 bits per heavy atom. The Morgan fingerprint density at radius 3 is 2.61 bits per heavy atom. The number of aryl methyl sites for hydroxylation is 2. The Kier molecular flexibility index (Phi) is 4.35. The average Bonchev–Trinajstić information content (AvgIpc) is 2.69. The van der Waals surface area contributed by atoms with Crippen LogP contribution in [0.15, 0.2) is 47.3 Å². The molecular formula is C21H18N4O3. The van der Waals surface area contributed by atoms with Crippen LogP contribution in [-0.2, 0) is 4.74 Å². The second-order valence-corrected chi connectivity index (χ2v) is 6.47. The molecule has 0 atom stereocenters. The summed E-state index contributed by atoms with van der Waals surface area (Å²) >= 11 is 0. The highest BCUT2D eigenvalue weighted by atomic mass is 16.5. The number of rotatable bonds is 3. The Balaban J connectivity index is 2.07. The molecule has 4 rings (SSSR count). The lowest BCUT2D eigenvalue weighted by atomic mass is 10.0. The zero-order valence-corrected chi connectivity index (χ0v) is 15.8. The number of hydrogen-bond donors (Lipinski definition) is 0. The second kappa shape index (κ2) is 6.84. The summed E-state index contributed by atoms with van der Waals surface area (Å²) in [7, 11) is 0. The molecule has 2 aromatic carbocycles. The van der Waals surface area contributed by atoms with Gasteiger partial charge in [0.25, 0.3) is 5.56 Å². The fourth-order valence-electron chi connectivity index (χ4n) is 3.03. The Bertz CT molecular complexity index is 1290. The molecule has 28 heavy (non-hydrogen) atoms. The van der Waals surface area contributed by atoms with Crippen molar-refractivity contribution in [1.29, 1.82) is 0 Å². The molecule has 140 valence electrons. The van der Waals surface area contributed by atoms with Crippen LogP contribution >= 0.6 is 0 Å². The van der Waals surface area contributed by atoms with Crippen molar-refractivity contribution < 1.29 is 9.53 Å². The van der Waals surface area contributed by atoms with Crippen LogP contribution in [0, 0.1) is 13.8 Å². The van der Waals surface area contributed by atoms with E-state index >= 15 is 0 Å². The molecule has 0 radical (unpaired) electrons. The van der Waals surface area contributed by atoms with E-state index in [2.05, 4.69) is 15.1 Å². The van der Waals surface area contributed by atoms with Gasteiger partial charge in [-0.25, -0.2) is 9.78 Å². The number of ether oxygens (including phenoxy) is 1. The quantitative estimate of drug-likeness (QED) is 0.405. The number of carbonyl (C=O) groups is 1. The summed E-state index contributed by atoms with van der Waals surface area (Å²) in [5.74, 6) is -0.643. The molecule has 0 bridgehead atoms. The molecule has 0 aliphatic rings. The minimum Gasteiger partial charge on any atom is -0.460 e. The van der Waals surface area contributed by atoms with Crippen LogP contribution in [0.3, 0.4) is 0 Å². The van der Waals surface area contributed by atoms with E-state index in [1.165, 1.54) is 4.52 Å². The third-order valence-corrected chi connectivity index (χ3v) is 4.62. The largest absolute Gasteiger partial charge is 0.460 e. The molecule has 0 N–H and O–H groups in total. The molecule has 0 saturated carbocycles. The third kappa shape index (κ3) is 2.90. The number of aromatic nitrogens is 4. The van der Waals surface area contributed by atoms with Gasteiger partial charge in [0.1, 0.15) is 0 Å². The first-order valence-corrected chi connectivity index (χ1v) is 8.94. The normalized spacial score (nSPS) is 11.1. The van der Waals surface area contributed by atoms with Gasteiger partial charge in [0, 0.05) is 10.9 Å². The van der Waals surface area contributed by atoms with E-state index in [1.807, 2.05) is 38.1 Å². The van der Waals surface area contributed by atoms with Gasteiger partial charge in [-0.15, -0.1) is 0 Å². The topological polar surface area (TPSA) is 86.5 Å². The summed E-state index contributed by atoms with van der Waals surface area (Å²) < 4.78 is 6.43. The first-order chi connectivity index (χ1) is 13.5. The number of esters is 1. The van der Waals surface area contributed by atoms with Crippen molar-refractivity contribution in [2.24, 2.45) is 0 Å². The summed E-state index contributed by atoms with van der Waals surface area (Å²) in [6.07, 6.45) is 0. The summed E-state index contributed by atoms with van der Waals surface area (Å²) in [5, 5.41) is 5.08. The molecule has 2 aromatic heterocycles. The van der Waals surface area contributed by atoms with Crippen LogP contribution in [0.2, 0.25) is 0 Å². The predicted octanol–water partition coefficient (Wildman–Crippen LogP) is 3.10. The van der Waals surface area contributed by atoms with Crippen LogP contribution < -0.4 is 5.56 Å². The van der Waals surface area contributed by atoms with Gasteiger partial charge in [0.15, 0.2) is 11.3 Å². The van der Waals surface area contributed by atoms with E-state index in [-0.39, 0.29) is 23.8 Å². The van der Waals surface area contributed by atoms with Crippen molar-refractivity contribution in [3.05, 3.63) is 69.8 Å². The molecular weight excluding hydrogens is 356 g/mol. The minimum absolute atomic E-state index is 0.0202. The predicted molar refractivity (Wildman–Crippen MR) is 105 cm³/mol. The summed E-state index contributed by atoms with van der Waals surface area (Å²) in [5.41, 5.74) is 3.28. The summed E-state index contributed by atoms with van der Waals surface area (Å²) in [4.78, 5) is 33.9. The lowest BCUT2D eigenvalue weighted by Gasteiger charge is -2.11. The molecule has 0 saturated heterocycles. The fourth-order valence-corrected chi connectivity index (χ4v) is 3.03. The molecule has 0 unspecified atom stereocenters. The standard InChI is InChI=1S/C21H18N4O3/c1-4-28-21(27)19-22-16-8-6-5-7-15(16)18-23-20(26)17(24-25(18)19)14-10-9-12(2)13(3)11-14/h5-11H,4H2,1-3H3. The van der Waals surface area contributed by atoms with Crippen LogP contribution in [-0.4, -0.2) is 32.2 Å². The van der Waals surface area contributed by atoms with Gasteiger partial charge in [-0.3, -0.25) is 4.79 Å². The molecule has 0 aliphatic heterocycles. The second-order valence-electron chi connectivity index (χ2n) is 6.47. The Labute approximate surface area is 160 Å². The number of fused-ring (bicyclic) bond motifs is 3. The van der Waals surface area contributed by atoms with Crippen LogP contribution in [0.4, 0.5) is 0 Å². The van der Waals surface area contributed by atoms with Crippen molar-refractivity contribution in [3.8, 4) is 11.3 Å². The van der Waals surface area contributed by atoms with Crippen molar-refractivity contribution in [3.63, 3.8) is 0 Å². The van der Waals surface area contributed by atoms with Gasteiger partial charge in [-0.1, -0.05) is 24.3 Å². The van der Waals surface area contributed by atoms with Crippen molar-refractivity contribution in [2.45, 2.75) is 20.8 Å². The zero-order valence-electron chi connectivity index (χ0n) is 15.8. The molecule has 0 fully saturated rings. The molecule has 0 aliphatic carbocycles. The summed E-state index contributed by atoms with van der Waals surface area (Å²) in [6, 6.07) is 12.8. The van der Waals surface area contributed by atoms with Gasteiger partial charge in [0.05, 0.1) is 12.1 Å². The number of para-hydroxylation sites is 1. The monoisotopic (exact) mass is 374 g/mol. The van der Waals surface area contributed by atoms with Gasteiger partial charge in [-0.2, -0.15) is 14.6 Å². The van der Waals surface area contributed by atoms with E-state index in [0.717, 1.165) is 11.1 Å². The van der Waals surface area contributed by atoms with E-state index in [1.54, 1.807) is 25.1 Å². The van der Waals surface area contributed by atoms with Crippen molar-refractivity contribution >= 4 is 22.5 Å². The first kappa shape index (κ1) is 17.8. The summed E-state index contributed by atoms with van der Waals surface area (Å²) in [6.45, 7) is 5.87. The molecule has 7 nitrogen and oxygen atoms in total. The highest BCUT2D eigenvalue weighted by molar-refractivity contribution is 5.96. The van der Waals surface area contributed by atoms with Gasteiger partial charge < -0.3 is 4.74 Å². The third-order valence-electron chi connectivity index (χ3n) is 4.62. The lowest BCUT2D eigenvalue weighted by Crippen LogP contribution is -2.22. The van der Waals surface area contributed by atoms with Crippen LogP contribution in [0.25, 0.3) is 27.8 Å². The Morgan fingerprint density at radius 2 is 1.86 bits per heavy atom. The van der Waals surface area contributed by atoms with Crippen LogP contribution in [0.5, 0.6) is 0 Å². The molecule has 7 heteroatoms. The highest BCUT2D eigenvalue weighted by Gasteiger charge is 2.20. The van der Waals surface area contributed by atoms with E-state index < -0.39 is 11.5 Å². The van der Waals surface area contributed by atoms with Crippen molar-refractivity contribution in [2.75, 3.05) is 6.61 Å². The number of carbonyl (C=O) groups excluding carboxylic acids is 1. The zero-order chi connectivity index (χ0) is 19.8. The van der Waals surface area contributed by atoms with Gasteiger partial charge in [-0.05, 0) is 50.1 Å². The van der Waals surface area contributed by atoms with Crippen LogP contribution in [0.1, 0.15) is 28.7 Å². The maximum absolute atomic E-state index is 12.8. The van der Waals surface area contributed by atoms with E-state index in [4.69, 9.17) is 4.74 Å². The van der Waals surface area contributed by atoms with Gasteiger partial charge in [0.2, 0.25) is 5.82 Å². The SMILES string of the molecule is CCOC(=O)c1nc2ccccc2c2nc(=O)c(-c3ccc(C)c(C)c3)nn12. The highest BCUT2D eigenvalue weighted by Crippen LogP contribution is 2.21. The lowest BCUT2D eigenvalue weighted by molar-refractivity contribution is 0.0508. The number of nitrogens with zero attached hydrogens (tertiary/aromatic N) is 4. The van der Waals surface area contributed by atoms with Crippen molar-refractivity contribution in [1.82, 2.24) is 19.6 Å². The maximum Gasteiger partial charge on any atom is 0.376 e. The van der Waals surface area contributed by atoms with E-state index in [9.17, 15) is 9.59 Å². The van der Waals surface area contributed by atoms with E-state index in [0.29, 0.717) is 16.5 Å². The van der Waals surface area contributed by atoms with Gasteiger partial charge >= 0.3 is 5.97 Å². The maximum atomic E-state index is 12.8. The fraction of sp³-hybridized carbons (Fsp3) is 0.190. The molecule has 0 amide bonds. The smallest absolute Gasteiger partial charge is 0.376 e. The molecule has 4 aromatic rings. The molecule has 0 spiro atoms. The number of benzene rings is 2. The average molecular weight is 374 g/mol. The number of hydrogen-bond acceptors (Lipinski definition) is 6. The Hall–Kier alpha value is -3.61.